The van der Waals surface area contributed by atoms with Crippen LogP contribution in [0.1, 0.15) is 16.1 Å². The number of fused-ring (bicyclic) bond motifs is 1. The summed E-state index contributed by atoms with van der Waals surface area (Å²) in [6, 6.07) is 9.81. The quantitative estimate of drug-likeness (QED) is 0.619. The van der Waals surface area contributed by atoms with Crippen LogP contribution in [0.25, 0.3) is 33.2 Å². The van der Waals surface area contributed by atoms with Crippen molar-refractivity contribution in [3.8, 4) is 22.3 Å². The van der Waals surface area contributed by atoms with Crippen LogP contribution < -0.4 is 5.73 Å². The van der Waals surface area contributed by atoms with Gasteiger partial charge in [0.15, 0.2) is 0 Å². The fraction of sp³-hybridized carbons (Fsp3) is 0.100. The largest absolute Gasteiger partial charge is 0.364 e. The maximum absolute atomic E-state index is 11.6. The number of hydrogen-bond donors (Lipinski definition) is 1. The van der Waals surface area contributed by atoms with Gasteiger partial charge in [0.05, 0.1) is 11.7 Å². The molecule has 26 heavy (non-hydrogen) atoms. The van der Waals surface area contributed by atoms with E-state index >= 15 is 0 Å². The highest BCUT2D eigenvalue weighted by Crippen LogP contribution is 2.30. The molecule has 4 aromatic rings. The summed E-state index contributed by atoms with van der Waals surface area (Å²) in [4.78, 5) is 20.4. The van der Waals surface area contributed by atoms with E-state index in [1.165, 1.54) is 0 Å². The minimum Gasteiger partial charge on any atom is -0.364 e. The summed E-state index contributed by atoms with van der Waals surface area (Å²) in [5.74, 6) is -0.537. The van der Waals surface area contributed by atoms with Crippen LogP contribution in [0.15, 0.2) is 55.1 Å². The molecule has 2 N–H and O–H groups in total. The van der Waals surface area contributed by atoms with Crippen LogP contribution in [-0.2, 0) is 7.05 Å². The zero-order chi connectivity index (χ0) is 18.3. The summed E-state index contributed by atoms with van der Waals surface area (Å²) in [6.07, 6.45) is 7.33. The number of nitrogens with two attached hydrogens (primary N) is 1. The molecule has 0 radical (unpaired) electrons. The number of carbonyl (C=O) groups is 1. The normalized spacial score (nSPS) is 11.0. The number of hydrogen-bond acceptors (Lipinski definition) is 4. The van der Waals surface area contributed by atoms with Gasteiger partial charge in [-0.2, -0.15) is 5.10 Å². The lowest BCUT2D eigenvalue weighted by Gasteiger charge is -2.09. The molecular weight excluding hydrogens is 326 g/mol. The molecular formula is C20H17N5O. The molecule has 4 rings (SSSR count). The third-order valence-corrected chi connectivity index (χ3v) is 4.41. The summed E-state index contributed by atoms with van der Waals surface area (Å²) < 4.78 is 1.77. The van der Waals surface area contributed by atoms with E-state index in [1.807, 2.05) is 50.6 Å². The van der Waals surface area contributed by atoms with E-state index in [-0.39, 0.29) is 5.69 Å². The Morgan fingerprint density at radius 2 is 1.77 bits per heavy atom. The van der Waals surface area contributed by atoms with E-state index in [4.69, 9.17) is 5.73 Å². The standard InChI is InChI=1S/C20H17N5O/c1-12-7-18(20(21)26)24-19-16(12)9-22-10-17(19)14-5-3-13(4-6-14)15-8-23-25(2)11-15/h3-11H,1-2H3,(H2,21,26). The van der Waals surface area contributed by atoms with Crippen LogP contribution in [0.5, 0.6) is 0 Å². The number of aromatic nitrogens is 4. The zero-order valence-corrected chi connectivity index (χ0v) is 14.5. The van der Waals surface area contributed by atoms with Crippen LogP contribution in [0.3, 0.4) is 0 Å². The predicted octanol–water partition coefficient (Wildman–Crippen LogP) is 3.10. The van der Waals surface area contributed by atoms with Crippen molar-refractivity contribution in [1.82, 2.24) is 19.7 Å². The van der Waals surface area contributed by atoms with E-state index < -0.39 is 5.91 Å². The molecule has 0 spiro atoms. The first-order chi connectivity index (χ1) is 12.5. The summed E-state index contributed by atoms with van der Waals surface area (Å²) >= 11 is 0. The van der Waals surface area contributed by atoms with Crippen LogP contribution in [0, 0.1) is 6.92 Å². The van der Waals surface area contributed by atoms with E-state index in [1.54, 1.807) is 23.1 Å². The summed E-state index contributed by atoms with van der Waals surface area (Å²) in [5, 5.41) is 5.11. The number of primary amides is 1. The van der Waals surface area contributed by atoms with Gasteiger partial charge in [-0.3, -0.25) is 14.5 Å². The average Bonchev–Trinajstić information content (AvgIpc) is 3.08. The van der Waals surface area contributed by atoms with Gasteiger partial charge in [0.1, 0.15) is 5.69 Å². The number of benzene rings is 1. The van der Waals surface area contributed by atoms with Crippen molar-refractivity contribution in [2.45, 2.75) is 6.92 Å². The number of nitrogens with zero attached hydrogens (tertiary/aromatic N) is 4. The molecule has 6 heteroatoms. The van der Waals surface area contributed by atoms with Crippen molar-refractivity contribution in [3.63, 3.8) is 0 Å². The molecule has 1 aromatic carbocycles. The van der Waals surface area contributed by atoms with Gasteiger partial charge in [0.25, 0.3) is 5.91 Å². The number of pyridine rings is 2. The molecule has 128 valence electrons. The Bertz CT molecular complexity index is 1130. The third kappa shape index (κ3) is 2.71. The van der Waals surface area contributed by atoms with Crippen molar-refractivity contribution in [1.29, 1.82) is 0 Å². The second kappa shape index (κ2) is 6.07. The Balaban J connectivity index is 1.84. The Hall–Kier alpha value is -3.54. The van der Waals surface area contributed by atoms with Gasteiger partial charge in [-0.05, 0) is 29.7 Å². The van der Waals surface area contributed by atoms with Crippen molar-refractivity contribution >= 4 is 16.8 Å². The topological polar surface area (TPSA) is 86.7 Å². The molecule has 0 unspecified atom stereocenters. The van der Waals surface area contributed by atoms with Gasteiger partial charge in [0.2, 0.25) is 0 Å². The van der Waals surface area contributed by atoms with Gasteiger partial charge in [0, 0.05) is 42.2 Å². The fourth-order valence-electron chi connectivity index (χ4n) is 3.05. The van der Waals surface area contributed by atoms with E-state index in [2.05, 4.69) is 15.1 Å². The number of carbonyl (C=O) groups excluding carboxylic acids is 1. The van der Waals surface area contributed by atoms with E-state index in [9.17, 15) is 4.79 Å². The first-order valence-corrected chi connectivity index (χ1v) is 8.17. The molecule has 3 aromatic heterocycles. The lowest BCUT2D eigenvalue weighted by atomic mass is 10.00. The van der Waals surface area contributed by atoms with E-state index in [0.717, 1.165) is 38.7 Å². The maximum atomic E-state index is 11.6. The average molecular weight is 343 g/mol. The van der Waals surface area contributed by atoms with Crippen LogP contribution in [0.2, 0.25) is 0 Å². The molecule has 3 heterocycles. The van der Waals surface area contributed by atoms with Crippen molar-refractivity contribution in [2.75, 3.05) is 0 Å². The Kier molecular flexibility index (Phi) is 3.73. The second-order valence-electron chi connectivity index (χ2n) is 6.25. The van der Waals surface area contributed by atoms with E-state index in [0.29, 0.717) is 0 Å². The van der Waals surface area contributed by atoms with Gasteiger partial charge < -0.3 is 5.73 Å². The van der Waals surface area contributed by atoms with Gasteiger partial charge >= 0.3 is 0 Å². The number of aryl methyl sites for hydroxylation is 2. The predicted molar refractivity (Wildman–Crippen MR) is 100 cm³/mol. The molecule has 0 saturated heterocycles. The number of rotatable bonds is 3. The lowest BCUT2D eigenvalue weighted by molar-refractivity contribution is 0.0996. The van der Waals surface area contributed by atoms with Gasteiger partial charge in [-0.15, -0.1) is 0 Å². The maximum Gasteiger partial charge on any atom is 0.267 e. The fourth-order valence-corrected chi connectivity index (χ4v) is 3.05. The molecule has 0 atom stereocenters. The Morgan fingerprint density at radius 1 is 1.04 bits per heavy atom. The van der Waals surface area contributed by atoms with Crippen LogP contribution >= 0.6 is 0 Å². The van der Waals surface area contributed by atoms with Crippen LogP contribution in [0.4, 0.5) is 0 Å². The van der Waals surface area contributed by atoms with Crippen molar-refractivity contribution in [2.24, 2.45) is 12.8 Å². The third-order valence-electron chi connectivity index (χ3n) is 4.41. The Labute approximate surface area is 150 Å². The highest BCUT2D eigenvalue weighted by molar-refractivity contribution is 5.99. The summed E-state index contributed by atoms with van der Waals surface area (Å²) in [5.41, 5.74) is 11.3. The molecule has 0 fully saturated rings. The SMILES string of the molecule is Cc1cc(C(N)=O)nc2c(-c3ccc(-c4cnn(C)c4)cc3)cncc12. The van der Waals surface area contributed by atoms with Crippen LogP contribution in [-0.4, -0.2) is 25.7 Å². The molecule has 0 bridgehead atoms. The van der Waals surface area contributed by atoms with Gasteiger partial charge in [-0.1, -0.05) is 24.3 Å². The summed E-state index contributed by atoms with van der Waals surface area (Å²) in [7, 11) is 1.89. The first-order valence-electron chi connectivity index (χ1n) is 8.17. The van der Waals surface area contributed by atoms with Crippen molar-refractivity contribution < 1.29 is 4.79 Å². The van der Waals surface area contributed by atoms with Crippen molar-refractivity contribution in [3.05, 3.63) is 66.4 Å². The monoisotopic (exact) mass is 343 g/mol. The zero-order valence-electron chi connectivity index (χ0n) is 14.5. The minimum atomic E-state index is -0.537. The molecule has 0 saturated carbocycles. The molecule has 0 aliphatic rings. The minimum absolute atomic E-state index is 0.259. The smallest absolute Gasteiger partial charge is 0.267 e. The molecule has 0 aliphatic carbocycles. The molecule has 6 nitrogen and oxygen atoms in total. The first kappa shape index (κ1) is 16.0. The van der Waals surface area contributed by atoms with Gasteiger partial charge in [-0.25, -0.2) is 4.98 Å². The second-order valence-corrected chi connectivity index (χ2v) is 6.25. The molecule has 0 aliphatic heterocycles. The molecule has 1 amide bonds. The lowest BCUT2D eigenvalue weighted by Crippen LogP contribution is -2.13. The summed E-state index contributed by atoms with van der Waals surface area (Å²) in [6.45, 7) is 1.92. The highest BCUT2D eigenvalue weighted by Gasteiger charge is 2.12. The Morgan fingerprint density at radius 3 is 2.42 bits per heavy atom. The highest BCUT2D eigenvalue weighted by atomic mass is 16.1. The number of amides is 1.